The molecule has 0 aromatic carbocycles. The number of aryl methyl sites for hydroxylation is 2. The summed E-state index contributed by atoms with van der Waals surface area (Å²) in [6.45, 7) is 5.91. The van der Waals surface area contributed by atoms with Gasteiger partial charge in [0.1, 0.15) is 11.5 Å². The third-order valence-corrected chi connectivity index (χ3v) is 3.29. The van der Waals surface area contributed by atoms with Crippen molar-refractivity contribution in [2.75, 3.05) is 32.7 Å². The topological polar surface area (TPSA) is 74.0 Å². The van der Waals surface area contributed by atoms with E-state index in [0.29, 0.717) is 37.5 Å². The molecule has 2 heterocycles. The molecule has 0 atom stereocenters. The molecule has 104 valence electrons. The average Bonchev–Trinajstić information content (AvgIpc) is 2.68. The van der Waals surface area contributed by atoms with Gasteiger partial charge < -0.3 is 14.4 Å². The fraction of sp³-hybridized carbons (Fsp3) is 0.538. The lowest BCUT2D eigenvalue weighted by Gasteiger charge is -2.33. The summed E-state index contributed by atoms with van der Waals surface area (Å²) in [6, 6.07) is 1.75. The Balaban J connectivity index is 1.96. The van der Waals surface area contributed by atoms with Gasteiger partial charge in [0.05, 0.1) is 12.1 Å². The largest absolute Gasteiger partial charge is 0.480 e. The maximum atomic E-state index is 12.3. The molecule has 0 bridgehead atoms. The van der Waals surface area contributed by atoms with Crippen LogP contribution in [0.2, 0.25) is 0 Å². The molecule has 0 unspecified atom stereocenters. The van der Waals surface area contributed by atoms with Crippen LogP contribution in [0, 0.1) is 13.8 Å². The predicted octanol–water partition coefficient (Wildman–Crippen LogP) is 0.739. The summed E-state index contributed by atoms with van der Waals surface area (Å²) in [5.41, 5.74) is 0.601. The number of aliphatic carboxylic acids is 1. The van der Waals surface area contributed by atoms with Crippen LogP contribution in [0.3, 0.4) is 0 Å². The molecule has 1 aliphatic heterocycles. The molecule has 1 aromatic rings. The first-order chi connectivity index (χ1) is 8.97. The summed E-state index contributed by atoms with van der Waals surface area (Å²) < 4.78 is 5.36. The van der Waals surface area contributed by atoms with Crippen LogP contribution in [0.25, 0.3) is 0 Å². The summed E-state index contributed by atoms with van der Waals surface area (Å²) in [5, 5.41) is 8.72. The number of amides is 1. The van der Waals surface area contributed by atoms with Crippen LogP contribution in [-0.2, 0) is 4.79 Å². The number of carbonyl (C=O) groups is 2. The van der Waals surface area contributed by atoms with Crippen molar-refractivity contribution in [3.63, 3.8) is 0 Å². The highest BCUT2D eigenvalue weighted by Crippen LogP contribution is 2.17. The number of hydrogen-bond donors (Lipinski definition) is 1. The molecular formula is C13H18N2O4. The zero-order valence-electron chi connectivity index (χ0n) is 11.2. The van der Waals surface area contributed by atoms with E-state index in [1.54, 1.807) is 17.9 Å². The Labute approximate surface area is 111 Å². The normalized spacial score (nSPS) is 16.6. The molecule has 1 aliphatic rings. The van der Waals surface area contributed by atoms with Gasteiger partial charge in [0, 0.05) is 26.2 Å². The predicted molar refractivity (Wildman–Crippen MR) is 68.2 cm³/mol. The number of hydrogen-bond acceptors (Lipinski definition) is 4. The minimum atomic E-state index is -0.832. The second kappa shape index (κ2) is 5.44. The minimum absolute atomic E-state index is 0.0336. The van der Waals surface area contributed by atoms with Crippen molar-refractivity contribution in [2.45, 2.75) is 13.8 Å². The van der Waals surface area contributed by atoms with Gasteiger partial charge >= 0.3 is 5.97 Å². The van der Waals surface area contributed by atoms with Crippen molar-refractivity contribution >= 4 is 11.9 Å². The Bertz CT molecular complexity index is 487. The van der Waals surface area contributed by atoms with Gasteiger partial charge in [-0.15, -0.1) is 0 Å². The Morgan fingerprint density at radius 2 is 1.89 bits per heavy atom. The number of rotatable bonds is 3. The van der Waals surface area contributed by atoms with E-state index < -0.39 is 5.97 Å². The van der Waals surface area contributed by atoms with E-state index in [1.807, 2.05) is 11.8 Å². The van der Waals surface area contributed by atoms with Gasteiger partial charge in [0.15, 0.2) is 0 Å². The highest BCUT2D eigenvalue weighted by atomic mass is 16.4. The fourth-order valence-electron chi connectivity index (χ4n) is 2.31. The van der Waals surface area contributed by atoms with Crippen LogP contribution in [-0.4, -0.2) is 59.5 Å². The summed E-state index contributed by atoms with van der Waals surface area (Å²) in [4.78, 5) is 26.5. The number of nitrogens with zero attached hydrogens (tertiary/aromatic N) is 2. The van der Waals surface area contributed by atoms with E-state index in [1.165, 1.54) is 0 Å². The molecule has 1 amide bonds. The number of furan rings is 1. The third-order valence-electron chi connectivity index (χ3n) is 3.29. The first-order valence-corrected chi connectivity index (χ1v) is 6.28. The first-order valence-electron chi connectivity index (χ1n) is 6.28. The molecular weight excluding hydrogens is 248 g/mol. The van der Waals surface area contributed by atoms with Crippen LogP contribution >= 0.6 is 0 Å². The van der Waals surface area contributed by atoms with E-state index in [4.69, 9.17) is 9.52 Å². The van der Waals surface area contributed by atoms with Gasteiger partial charge in [-0.3, -0.25) is 14.5 Å². The lowest BCUT2D eigenvalue weighted by atomic mass is 10.2. The van der Waals surface area contributed by atoms with Crippen LogP contribution in [0.15, 0.2) is 10.5 Å². The van der Waals surface area contributed by atoms with Crippen LogP contribution in [0.1, 0.15) is 21.9 Å². The molecule has 0 radical (unpaired) electrons. The van der Waals surface area contributed by atoms with Crippen molar-refractivity contribution in [1.82, 2.24) is 9.80 Å². The molecule has 2 rings (SSSR count). The molecule has 19 heavy (non-hydrogen) atoms. The van der Waals surface area contributed by atoms with Gasteiger partial charge in [-0.1, -0.05) is 0 Å². The fourth-order valence-corrected chi connectivity index (χ4v) is 2.31. The van der Waals surface area contributed by atoms with E-state index in [-0.39, 0.29) is 12.5 Å². The van der Waals surface area contributed by atoms with Crippen molar-refractivity contribution < 1.29 is 19.1 Å². The van der Waals surface area contributed by atoms with Gasteiger partial charge in [-0.25, -0.2) is 0 Å². The van der Waals surface area contributed by atoms with Crippen molar-refractivity contribution in [2.24, 2.45) is 0 Å². The third kappa shape index (κ3) is 3.14. The monoisotopic (exact) mass is 266 g/mol. The van der Waals surface area contributed by atoms with E-state index in [2.05, 4.69) is 0 Å². The molecule has 1 aromatic heterocycles. The van der Waals surface area contributed by atoms with Crippen molar-refractivity contribution in [1.29, 1.82) is 0 Å². The van der Waals surface area contributed by atoms with Crippen LogP contribution in [0.5, 0.6) is 0 Å². The van der Waals surface area contributed by atoms with Gasteiger partial charge in [0.25, 0.3) is 5.91 Å². The highest BCUT2D eigenvalue weighted by molar-refractivity contribution is 5.95. The Hall–Kier alpha value is -1.82. The molecule has 1 fully saturated rings. The smallest absolute Gasteiger partial charge is 0.317 e. The SMILES string of the molecule is Cc1cc(C(=O)N2CCN(CC(=O)O)CC2)c(C)o1. The summed E-state index contributed by atoms with van der Waals surface area (Å²) in [6.07, 6.45) is 0. The number of carbonyl (C=O) groups excluding carboxylic acids is 1. The standard InChI is InChI=1S/C13H18N2O4/c1-9-7-11(10(2)19-9)13(18)15-5-3-14(4-6-15)8-12(16)17/h7H,3-6,8H2,1-2H3,(H,16,17). The lowest BCUT2D eigenvalue weighted by Crippen LogP contribution is -2.49. The molecule has 1 N–H and O–H groups in total. The first kappa shape index (κ1) is 13.6. The van der Waals surface area contributed by atoms with E-state index >= 15 is 0 Å². The maximum absolute atomic E-state index is 12.3. The second-order valence-corrected chi connectivity index (χ2v) is 4.79. The number of piperazine rings is 1. The zero-order chi connectivity index (χ0) is 14.0. The zero-order valence-corrected chi connectivity index (χ0v) is 11.2. The quantitative estimate of drug-likeness (QED) is 0.873. The van der Waals surface area contributed by atoms with Gasteiger partial charge in [-0.2, -0.15) is 0 Å². The average molecular weight is 266 g/mol. The number of carboxylic acids is 1. The Kier molecular flexibility index (Phi) is 3.90. The molecule has 6 heteroatoms. The molecule has 0 spiro atoms. The van der Waals surface area contributed by atoms with Crippen LogP contribution in [0.4, 0.5) is 0 Å². The summed E-state index contributed by atoms with van der Waals surface area (Å²) in [5.74, 6) is 0.492. The minimum Gasteiger partial charge on any atom is -0.480 e. The summed E-state index contributed by atoms with van der Waals surface area (Å²) in [7, 11) is 0. The highest BCUT2D eigenvalue weighted by Gasteiger charge is 2.25. The number of carboxylic acid groups (broad SMARTS) is 1. The Morgan fingerprint density at radius 3 is 2.37 bits per heavy atom. The summed E-state index contributed by atoms with van der Waals surface area (Å²) >= 11 is 0. The second-order valence-electron chi connectivity index (χ2n) is 4.79. The van der Waals surface area contributed by atoms with E-state index in [0.717, 1.165) is 5.76 Å². The van der Waals surface area contributed by atoms with Gasteiger partial charge in [0.2, 0.25) is 0 Å². The maximum Gasteiger partial charge on any atom is 0.317 e. The van der Waals surface area contributed by atoms with Gasteiger partial charge in [-0.05, 0) is 19.9 Å². The van der Waals surface area contributed by atoms with Crippen molar-refractivity contribution in [3.05, 3.63) is 23.2 Å². The van der Waals surface area contributed by atoms with Crippen LogP contribution < -0.4 is 0 Å². The Morgan fingerprint density at radius 1 is 1.26 bits per heavy atom. The van der Waals surface area contributed by atoms with Crippen molar-refractivity contribution in [3.8, 4) is 0 Å². The lowest BCUT2D eigenvalue weighted by molar-refractivity contribution is -0.138. The molecule has 1 saturated heterocycles. The molecule has 6 nitrogen and oxygen atoms in total. The molecule has 0 aliphatic carbocycles. The molecule has 0 saturated carbocycles. The van der Waals surface area contributed by atoms with E-state index in [9.17, 15) is 9.59 Å².